The van der Waals surface area contributed by atoms with Crippen molar-refractivity contribution in [1.29, 1.82) is 0 Å². The van der Waals surface area contributed by atoms with Crippen molar-refractivity contribution in [2.24, 2.45) is 0 Å². The van der Waals surface area contributed by atoms with E-state index < -0.39 is 0 Å². The smallest absolute Gasteiger partial charge is 0.0196 e. The van der Waals surface area contributed by atoms with Crippen molar-refractivity contribution < 1.29 is 0 Å². The van der Waals surface area contributed by atoms with Crippen LogP contribution < -0.4 is 10.6 Å². The van der Waals surface area contributed by atoms with Crippen molar-refractivity contribution in [3.8, 4) is 0 Å². The van der Waals surface area contributed by atoms with Gasteiger partial charge in [-0.25, -0.2) is 0 Å². The van der Waals surface area contributed by atoms with Gasteiger partial charge < -0.3 is 10.6 Å². The van der Waals surface area contributed by atoms with Crippen LogP contribution in [0.15, 0.2) is 0 Å². The lowest BCUT2D eigenvalue weighted by molar-refractivity contribution is 0.116. The number of piperidine rings is 1. The zero-order chi connectivity index (χ0) is 10.0. The maximum Gasteiger partial charge on any atom is 0.0196 e. The Labute approximate surface area is 87.8 Å². The van der Waals surface area contributed by atoms with E-state index in [2.05, 4.69) is 24.5 Å². The summed E-state index contributed by atoms with van der Waals surface area (Å²) < 4.78 is 0. The molecule has 1 aliphatic carbocycles. The minimum Gasteiger partial charge on any atom is -0.311 e. The SMILES string of the molecule is CCC(C)NC1CCNC2(CCC2)C1. The first kappa shape index (κ1) is 10.4. The number of nitrogens with one attached hydrogen (secondary N) is 2. The molecule has 2 N–H and O–H groups in total. The summed E-state index contributed by atoms with van der Waals surface area (Å²) >= 11 is 0. The average Bonchev–Trinajstić information content (AvgIpc) is 2.16. The third-order valence-electron chi connectivity index (χ3n) is 4.07. The Hall–Kier alpha value is -0.0800. The van der Waals surface area contributed by atoms with Gasteiger partial charge in [0.05, 0.1) is 0 Å². The molecule has 0 bridgehead atoms. The molecule has 1 saturated carbocycles. The molecular weight excluding hydrogens is 172 g/mol. The largest absolute Gasteiger partial charge is 0.311 e. The molecule has 1 aliphatic heterocycles. The molecule has 2 fully saturated rings. The molecule has 1 heterocycles. The van der Waals surface area contributed by atoms with E-state index in [0.717, 1.165) is 6.04 Å². The van der Waals surface area contributed by atoms with E-state index in [1.807, 2.05) is 0 Å². The molecule has 2 nitrogen and oxygen atoms in total. The fourth-order valence-corrected chi connectivity index (χ4v) is 2.80. The summed E-state index contributed by atoms with van der Waals surface area (Å²) in [7, 11) is 0. The first-order chi connectivity index (χ1) is 6.74. The van der Waals surface area contributed by atoms with Crippen LogP contribution in [0.3, 0.4) is 0 Å². The second kappa shape index (κ2) is 4.19. The van der Waals surface area contributed by atoms with E-state index in [1.165, 1.54) is 45.1 Å². The van der Waals surface area contributed by atoms with Gasteiger partial charge in [0.15, 0.2) is 0 Å². The van der Waals surface area contributed by atoms with E-state index in [0.29, 0.717) is 11.6 Å². The van der Waals surface area contributed by atoms with Gasteiger partial charge >= 0.3 is 0 Å². The average molecular weight is 196 g/mol. The Bertz CT molecular complexity index is 187. The van der Waals surface area contributed by atoms with Crippen molar-refractivity contribution in [2.75, 3.05) is 6.54 Å². The van der Waals surface area contributed by atoms with E-state index in [4.69, 9.17) is 0 Å². The normalized spacial score (nSPS) is 32.6. The Kier molecular flexibility index (Phi) is 3.13. The lowest BCUT2D eigenvalue weighted by Gasteiger charge is -2.49. The summed E-state index contributed by atoms with van der Waals surface area (Å²) in [6.45, 7) is 5.78. The number of hydrogen-bond donors (Lipinski definition) is 2. The van der Waals surface area contributed by atoms with Crippen LogP contribution in [0.1, 0.15) is 52.4 Å². The highest BCUT2D eigenvalue weighted by molar-refractivity contribution is 5.01. The molecule has 82 valence electrons. The third-order valence-corrected chi connectivity index (χ3v) is 4.07. The summed E-state index contributed by atoms with van der Waals surface area (Å²) in [5.74, 6) is 0. The minimum atomic E-state index is 0.545. The Morgan fingerprint density at radius 1 is 1.50 bits per heavy atom. The van der Waals surface area contributed by atoms with Crippen molar-refractivity contribution in [2.45, 2.75) is 70.0 Å². The lowest BCUT2D eigenvalue weighted by atomic mass is 9.70. The third kappa shape index (κ3) is 2.12. The summed E-state index contributed by atoms with van der Waals surface area (Å²) in [5.41, 5.74) is 0.545. The zero-order valence-electron chi connectivity index (χ0n) is 9.60. The predicted octanol–water partition coefficient (Wildman–Crippen LogP) is 2.05. The zero-order valence-corrected chi connectivity index (χ0v) is 9.60. The highest BCUT2D eigenvalue weighted by Crippen LogP contribution is 2.38. The molecule has 14 heavy (non-hydrogen) atoms. The van der Waals surface area contributed by atoms with Gasteiger partial charge in [-0.15, -0.1) is 0 Å². The fourth-order valence-electron chi connectivity index (χ4n) is 2.80. The van der Waals surface area contributed by atoms with Gasteiger partial charge in [0.2, 0.25) is 0 Å². The molecule has 0 aromatic heterocycles. The topological polar surface area (TPSA) is 24.1 Å². The maximum absolute atomic E-state index is 3.75. The molecule has 2 unspecified atom stereocenters. The molecule has 0 amide bonds. The van der Waals surface area contributed by atoms with Crippen molar-refractivity contribution >= 4 is 0 Å². The standard InChI is InChI=1S/C12H24N2/c1-3-10(2)14-11-5-8-13-12(9-11)6-4-7-12/h10-11,13-14H,3-9H2,1-2H3. The molecule has 0 radical (unpaired) electrons. The second-order valence-corrected chi connectivity index (χ2v) is 5.23. The lowest BCUT2D eigenvalue weighted by Crippen LogP contribution is -2.59. The molecule has 2 rings (SSSR count). The van der Waals surface area contributed by atoms with Crippen molar-refractivity contribution in [1.82, 2.24) is 10.6 Å². The molecule has 2 atom stereocenters. The number of hydrogen-bond acceptors (Lipinski definition) is 2. The Morgan fingerprint density at radius 3 is 2.86 bits per heavy atom. The summed E-state index contributed by atoms with van der Waals surface area (Å²) in [6, 6.07) is 1.46. The highest BCUT2D eigenvalue weighted by atomic mass is 15.1. The van der Waals surface area contributed by atoms with E-state index in [-0.39, 0.29) is 0 Å². The molecule has 0 aromatic rings. The van der Waals surface area contributed by atoms with Gasteiger partial charge in [0.25, 0.3) is 0 Å². The Morgan fingerprint density at radius 2 is 2.29 bits per heavy atom. The Balaban J connectivity index is 1.82. The maximum atomic E-state index is 3.75. The quantitative estimate of drug-likeness (QED) is 0.722. The highest BCUT2D eigenvalue weighted by Gasteiger charge is 2.40. The second-order valence-electron chi connectivity index (χ2n) is 5.23. The molecule has 2 aliphatic rings. The van der Waals surface area contributed by atoms with Gasteiger partial charge in [0, 0.05) is 17.6 Å². The monoisotopic (exact) mass is 196 g/mol. The van der Waals surface area contributed by atoms with Crippen LogP contribution in [0, 0.1) is 0 Å². The first-order valence-corrected chi connectivity index (χ1v) is 6.25. The van der Waals surface area contributed by atoms with E-state index >= 15 is 0 Å². The van der Waals surface area contributed by atoms with Gasteiger partial charge in [0.1, 0.15) is 0 Å². The molecule has 1 saturated heterocycles. The van der Waals surface area contributed by atoms with E-state index in [1.54, 1.807) is 0 Å². The molecule has 2 heteroatoms. The van der Waals surface area contributed by atoms with Gasteiger partial charge in [-0.1, -0.05) is 6.92 Å². The van der Waals surface area contributed by atoms with Gasteiger partial charge in [-0.2, -0.15) is 0 Å². The van der Waals surface area contributed by atoms with Crippen LogP contribution in [0.4, 0.5) is 0 Å². The van der Waals surface area contributed by atoms with Crippen LogP contribution in [-0.2, 0) is 0 Å². The first-order valence-electron chi connectivity index (χ1n) is 6.25. The molecular formula is C12H24N2. The fraction of sp³-hybridized carbons (Fsp3) is 1.00. The summed E-state index contributed by atoms with van der Waals surface area (Å²) in [5, 5.41) is 7.47. The van der Waals surface area contributed by atoms with Crippen LogP contribution in [0.25, 0.3) is 0 Å². The summed E-state index contributed by atoms with van der Waals surface area (Å²) in [6.07, 6.45) is 8.17. The van der Waals surface area contributed by atoms with Crippen molar-refractivity contribution in [3.05, 3.63) is 0 Å². The predicted molar refractivity (Wildman–Crippen MR) is 60.5 cm³/mol. The van der Waals surface area contributed by atoms with Crippen LogP contribution >= 0.6 is 0 Å². The van der Waals surface area contributed by atoms with Gasteiger partial charge in [-0.3, -0.25) is 0 Å². The van der Waals surface area contributed by atoms with Crippen LogP contribution in [0.5, 0.6) is 0 Å². The van der Waals surface area contributed by atoms with Crippen LogP contribution in [0.2, 0.25) is 0 Å². The number of rotatable bonds is 3. The van der Waals surface area contributed by atoms with E-state index in [9.17, 15) is 0 Å². The van der Waals surface area contributed by atoms with Gasteiger partial charge in [-0.05, 0) is 52.0 Å². The summed E-state index contributed by atoms with van der Waals surface area (Å²) in [4.78, 5) is 0. The molecule has 0 aromatic carbocycles. The molecule has 1 spiro atoms. The minimum absolute atomic E-state index is 0.545. The van der Waals surface area contributed by atoms with Crippen LogP contribution in [-0.4, -0.2) is 24.2 Å². The van der Waals surface area contributed by atoms with Crippen molar-refractivity contribution in [3.63, 3.8) is 0 Å².